The molecule has 0 radical (unpaired) electrons. The van der Waals surface area contributed by atoms with E-state index in [1.165, 1.54) is 0 Å². The highest BCUT2D eigenvalue weighted by atomic mass is 35.5. The molecule has 1 unspecified atom stereocenters. The fourth-order valence-corrected chi connectivity index (χ4v) is 2.34. The quantitative estimate of drug-likeness (QED) is 0.811. The molecule has 1 amide bonds. The van der Waals surface area contributed by atoms with Crippen LogP contribution in [-0.4, -0.2) is 58.1 Å². The third kappa shape index (κ3) is 2.79. The molecule has 0 saturated carbocycles. The summed E-state index contributed by atoms with van der Waals surface area (Å²) >= 11 is 5.66. The van der Waals surface area contributed by atoms with Gasteiger partial charge in [-0.15, -0.1) is 10.2 Å². The van der Waals surface area contributed by atoms with E-state index in [1.54, 1.807) is 12.1 Å². The second-order valence-electron chi connectivity index (χ2n) is 4.47. The number of hydrogen-bond donors (Lipinski definition) is 0. The molecule has 2 rings (SSSR count). The van der Waals surface area contributed by atoms with Crippen LogP contribution in [0.25, 0.3) is 0 Å². The van der Waals surface area contributed by atoms with Crippen molar-refractivity contribution in [1.29, 1.82) is 0 Å². The normalized spacial score (nSPS) is 21.1. The maximum absolute atomic E-state index is 12.2. The SMILES string of the molecule is CCN1CCN(C(=O)c2ccc(Cl)nn2)CC1C. The third-order valence-electron chi connectivity index (χ3n) is 3.31. The van der Waals surface area contributed by atoms with Gasteiger partial charge < -0.3 is 4.90 Å². The van der Waals surface area contributed by atoms with E-state index in [0.29, 0.717) is 16.9 Å². The van der Waals surface area contributed by atoms with Crippen molar-refractivity contribution < 1.29 is 4.79 Å². The van der Waals surface area contributed by atoms with Crippen LogP contribution in [0.2, 0.25) is 5.15 Å². The molecule has 1 aliphatic rings. The van der Waals surface area contributed by atoms with Gasteiger partial charge in [0.25, 0.3) is 5.91 Å². The average Bonchev–Trinajstić information content (AvgIpc) is 2.38. The molecule has 2 heterocycles. The van der Waals surface area contributed by atoms with Crippen molar-refractivity contribution in [1.82, 2.24) is 20.0 Å². The number of nitrogens with zero attached hydrogens (tertiary/aromatic N) is 4. The lowest BCUT2D eigenvalue weighted by atomic mass is 10.2. The molecule has 0 aliphatic carbocycles. The molecule has 0 N–H and O–H groups in total. The van der Waals surface area contributed by atoms with Crippen molar-refractivity contribution in [2.75, 3.05) is 26.2 Å². The maximum Gasteiger partial charge on any atom is 0.274 e. The minimum Gasteiger partial charge on any atom is -0.334 e. The highest BCUT2D eigenvalue weighted by Gasteiger charge is 2.26. The molecule has 6 heteroatoms. The van der Waals surface area contributed by atoms with Crippen LogP contribution < -0.4 is 0 Å². The number of rotatable bonds is 2. The van der Waals surface area contributed by atoms with Crippen LogP contribution in [0.15, 0.2) is 12.1 Å². The van der Waals surface area contributed by atoms with Gasteiger partial charge in [-0.05, 0) is 25.6 Å². The van der Waals surface area contributed by atoms with Crippen LogP contribution >= 0.6 is 11.6 Å². The Morgan fingerprint density at radius 1 is 1.44 bits per heavy atom. The van der Waals surface area contributed by atoms with Crippen LogP contribution in [-0.2, 0) is 0 Å². The number of hydrogen-bond acceptors (Lipinski definition) is 4. The van der Waals surface area contributed by atoms with Crippen molar-refractivity contribution in [2.45, 2.75) is 19.9 Å². The Labute approximate surface area is 112 Å². The molecular formula is C12H17ClN4O. The fraction of sp³-hybridized carbons (Fsp3) is 0.583. The molecule has 1 aromatic heterocycles. The summed E-state index contributed by atoms with van der Waals surface area (Å²) in [7, 11) is 0. The van der Waals surface area contributed by atoms with Crippen molar-refractivity contribution in [3.05, 3.63) is 23.0 Å². The minimum atomic E-state index is -0.0678. The number of carbonyl (C=O) groups is 1. The summed E-state index contributed by atoms with van der Waals surface area (Å²) in [6, 6.07) is 3.59. The second kappa shape index (κ2) is 5.63. The Bertz CT molecular complexity index is 423. The predicted molar refractivity (Wildman–Crippen MR) is 69.7 cm³/mol. The topological polar surface area (TPSA) is 49.3 Å². The van der Waals surface area contributed by atoms with Gasteiger partial charge in [-0.2, -0.15) is 0 Å². The third-order valence-corrected chi connectivity index (χ3v) is 3.51. The second-order valence-corrected chi connectivity index (χ2v) is 4.86. The van der Waals surface area contributed by atoms with Crippen molar-refractivity contribution in [3.8, 4) is 0 Å². The summed E-state index contributed by atoms with van der Waals surface area (Å²) in [6.45, 7) is 7.67. The smallest absolute Gasteiger partial charge is 0.274 e. The lowest BCUT2D eigenvalue weighted by Gasteiger charge is -2.39. The first-order valence-electron chi connectivity index (χ1n) is 6.14. The summed E-state index contributed by atoms with van der Waals surface area (Å²) in [5, 5.41) is 7.84. The highest BCUT2D eigenvalue weighted by Crippen LogP contribution is 2.12. The zero-order valence-electron chi connectivity index (χ0n) is 10.6. The zero-order valence-corrected chi connectivity index (χ0v) is 11.4. The van der Waals surface area contributed by atoms with Gasteiger partial charge in [-0.25, -0.2) is 0 Å². The van der Waals surface area contributed by atoms with Crippen LogP contribution in [0.5, 0.6) is 0 Å². The number of aromatic nitrogens is 2. The van der Waals surface area contributed by atoms with Gasteiger partial charge in [0.05, 0.1) is 0 Å². The van der Waals surface area contributed by atoms with E-state index in [-0.39, 0.29) is 5.91 Å². The molecule has 0 bridgehead atoms. The van der Waals surface area contributed by atoms with E-state index < -0.39 is 0 Å². The van der Waals surface area contributed by atoms with Gasteiger partial charge in [0.15, 0.2) is 10.8 Å². The minimum absolute atomic E-state index is 0.0678. The Balaban J connectivity index is 2.04. The summed E-state index contributed by atoms with van der Waals surface area (Å²) < 4.78 is 0. The number of halogens is 1. The largest absolute Gasteiger partial charge is 0.334 e. The van der Waals surface area contributed by atoms with Gasteiger partial charge in [-0.3, -0.25) is 9.69 Å². The van der Waals surface area contributed by atoms with Gasteiger partial charge in [0, 0.05) is 25.7 Å². The van der Waals surface area contributed by atoms with Gasteiger partial charge in [-0.1, -0.05) is 18.5 Å². The molecule has 98 valence electrons. The number of amides is 1. The first-order valence-corrected chi connectivity index (χ1v) is 6.52. The highest BCUT2D eigenvalue weighted by molar-refractivity contribution is 6.29. The monoisotopic (exact) mass is 268 g/mol. The molecular weight excluding hydrogens is 252 g/mol. The Morgan fingerprint density at radius 3 is 2.78 bits per heavy atom. The van der Waals surface area contributed by atoms with E-state index in [1.807, 2.05) is 4.90 Å². The van der Waals surface area contributed by atoms with Crippen LogP contribution in [0, 0.1) is 0 Å². The molecule has 1 fully saturated rings. The fourth-order valence-electron chi connectivity index (χ4n) is 2.24. The lowest BCUT2D eigenvalue weighted by Crippen LogP contribution is -2.53. The van der Waals surface area contributed by atoms with Crippen molar-refractivity contribution in [2.24, 2.45) is 0 Å². The van der Waals surface area contributed by atoms with Gasteiger partial charge in [0.2, 0.25) is 0 Å². The van der Waals surface area contributed by atoms with E-state index >= 15 is 0 Å². The number of piperazine rings is 1. The Morgan fingerprint density at radius 2 is 2.22 bits per heavy atom. The average molecular weight is 269 g/mol. The van der Waals surface area contributed by atoms with Crippen LogP contribution in [0.4, 0.5) is 0 Å². The first kappa shape index (κ1) is 13.2. The zero-order chi connectivity index (χ0) is 13.1. The molecule has 1 aliphatic heterocycles. The van der Waals surface area contributed by atoms with E-state index in [0.717, 1.165) is 26.2 Å². The number of likely N-dealkylation sites (N-methyl/N-ethyl adjacent to an activating group) is 1. The number of carbonyl (C=O) groups excluding carboxylic acids is 1. The molecule has 0 spiro atoms. The summed E-state index contributed by atoms with van der Waals surface area (Å²) in [5.41, 5.74) is 0.358. The molecule has 1 saturated heterocycles. The summed E-state index contributed by atoms with van der Waals surface area (Å²) in [5.74, 6) is -0.0678. The maximum atomic E-state index is 12.2. The van der Waals surface area contributed by atoms with Crippen LogP contribution in [0.1, 0.15) is 24.3 Å². The van der Waals surface area contributed by atoms with Crippen LogP contribution in [0.3, 0.4) is 0 Å². The first-order chi connectivity index (χ1) is 8.61. The molecule has 1 atom stereocenters. The van der Waals surface area contributed by atoms with E-state index in [2.05, 4.69) is 28.9 Å². The van der Waals surface area contributed by atoms with E-state index in [9.17, 15) is 4.79 Å². The molecule has 18 heavy (non-hydrogen) atoms. The van der Waals surface area contributed by atoms with Gasteiger partial charge >= 0.3 is 0 Å². The van der Waals surface area contributed by atoms with Crippen molar-refractivity contribution >= 4 is 17.5 Å². The standard InChI is InChI=1S/C12H17ClN4O/c1-3-16-6-7-17(8-9(16)2)12(18)10-4-5-11(13)15-14-10/h4-5,9H,3,6-8H2,1-2H3. The van der Waals surface area contributed by atoms with Gasteiger partial charge in [0.1, 0.15) is 0 Å². The molecule has 1 aromatic rings. The van der Waals surface area contributed by atoms with E-state index in [4.69, 9.17) is 11.6 Å². The van der Waals surface area contributed by atoms with Crippen molar-refractivity contribution in [3.63, 3.8) is 0 Å². The Hall–Kier alpha value is -1.20. The lowest BCUT2D eigenvalue weighted by molar-refractivity contribution is 0.0522. The Kier molecular flexibility index (Phi) is 4.14. The molecule has 0 aromatic carbocycles. The molecule has 5 nitrogen and oxygen atoms in total. The summed E-state index contributed by atoms with van der Waals surface area (Å²) in [6.07, 6.45) is 0. The predicted octanol–water partition coefficient (Wildman–Crippen LogP) is 1.30. The summed E-state index contributed by atoms with van der Waals surface area (Å²) in [4.78, 5) is 16.4.